The lowest BCUT2D eigenvalue weighted by atomic mass is 10.3. The third-order valence-corrected chi connectivity index (χ3v) is 3.37. The van der Waals surface area contributed by atoms with E-state index in [1.165, 1.54) is 18.2 Å². The average Bonchev–Trinajstić information content (AvgIpc) is 2.62. The number of benzene rings is 1. The third kappa shape index (κ3) is 4.35. The van der Waals surface area contributed by atoms with E-state index in [0.29, 0.717) is 18.2 Å². The van der Waals surface area contributed by atoms with E-state index in [9.17, 15) is 9.18 Å². The van der Waals surface area contributed by atoms with Gasteiger partial charge >= 0.3 is 0 Å². The van der Waals surface area contributed by atoms with Gasteiger partial charge in [0, 0.05) is 12.3 Å². The first-order chi connectivity index (χ1) is 12.1. The topological polar surface area (TPSA) is 79.8 Å². The first-order valence-electron chi connectivity index (χ1n) is 7.67. The van der Waals surface area contributed by atoms with Gasteiger partial charge in [0.25, 0.3) is 5.91 Å². The van der Waals surface area contributed by atoms with Gasteiger partial charge in [-0.3, -0.25) is 9.78 Å². The molecule has 7 heteroatoms. The third-order valence-electron chi connectivity index (χ3n) is 3.37. The second-order valence-corrected chi connectivity index (χ2v) is 5.29. The molecule has 25 heavy (non-hydrogen) atoms. The molecule has 0 radical (unpaired) electrons. The standard InChI is InChI=1S/C18H16FN5O/c1-12-22-16(18(25)24-15-8-3-2-7-14(15)19)10-17(23-12)21-11-13-6-4-5-9-20-13/h2-10H,11H2,1H3,(H,24,25)(H,21,22,23). The summed E-state index contributed by atoms with van der Waals surface area (Å²) in [7, 11) is 0. The van der Waals surface area contributed by atoms with Crippen LogP contribution in [0.4, 0.5) is 15.9 Å². The molecule has 6 nitrogen and oxygen atoms in total. The molecule has 126 valence electrons. The molecule has 0 bridgehead atoms. The van der Waals surface area contributed by atoms with Crippen molar-refractivity contribution in [1.29, 1.82) is 0 Å². The van der Waals surface area contributed by atoms with Gasteiger partial charge < -0.3 is 10.6 Å². The number of aromatic nitrogens is 3. The molecule has 0 saturated carbocycles. The normalized spacial score (nSPS) is 10.3. The number of pyridine rings is 1. The Balaban J connectivity index is 1.74. The molecule has 0 aliphatic carbocycles. The van der Waals surface area contributed by atoms with Crippen molar-refractivity contribution in [2.24, 2.45) is 0 Å². The van der Waals surface area contributed by atoms with E-state index in [2.05, 4.69) is 25.6 Å². The molecule has 3 rings (SSSR count). The number of anilines is 2. The van der Waals surface area contributed by atoms with E-state index < -0.39 is 11.7 Å². The largest absolute Gasteiger partial charge is 0.364 e. The first kappa shape index (κ1) is 16.5. The van der Waals surface area contributed by atoms with Gasteiger partial charge in [0.1, 0.15) is 23.2 Å². The Morgan fingerprint density at radius 1 is 1.12 bits per heavy atom. The van der Waals surface area contributed by atoms with Gasteiger partial charge in [-0.1, -0.05) is 18.2 Å². The van der Waals surface area contributed by atoms with Gasteiger partial charge in [-0.05, 0) is 31.2 Å². The molecule has 1 aromatic carbocycles. The van der Waals surface area contributed by atoms with Crippen LogP contribution in [0.1, 0.15) is 22.0 Å². The van der Waals surface area contributed by atoms with Crippen molar-refractivity contribution in [3.63, 3.8) is 0 Å². The number of rotatable bonds is 5. The summed E-state index contributed by atoms with van der Waals surface area (Å²) < 4.78 is 13.7. The second kappa shape index (κ2) is 7.48. The van der Waals surface area contributed by atoms with Gasteiger partial charge in [-0.15, -0.1) is 0 Å². The maximum Gasteiger partial charge on any atom is 0.274 e. The van der Waals surface area contributed by atoms with Crippen LogP contribution in [-0.2, 0) is 6.54 Å². The second-order valence-electron chi connectivity index (χ2n) is 5.29. The average molecular weight is 337 g/mol. The Morgan fingerprint density at radius 2 is 1.92 bits per heavy atom. The number of aryl methyl sites for hydroxylation is 1. The molecule has 0 fully saturated rings. The lowest BCUT2D eigenvalue weighted by molar-refractivity contribution is 0.102. The van der Waals surface area contributed by atoms with Crippen LogP contribution in [0, 0.1) is 12.7 Å². The minimum atomic E-state index is -0.505. The fourth-order valence-corrected chi connectivity index (χ4v) is 2.21. The highest BCUT2D eigenvalue weighted by Crippen LogP contribution is 2.15. The molecule has 0 atom stereocenters. The Hall–Kier alpha value is -3.35. The quantitative estimate of drug-likeness (QED) is 0.747. The molecule has 2 N–H and O–H groups in total. The zero-order chi connectivity index (χ0) is 17.6. The number of carbonyl (C=O) groups is 1. The van der Waals surface area contributed by atoms with Gasteiger partial charge in [-0.25, -0.2) is 14.4 Å². The van der Waals surface area contributed by atoms with Crippen molar-refractivity contribution in [1.82, 2.24) is 15.0 Å². The summed E-state index contributed by atoms with van der Waals surface area (Å²) in [5.74, 6) is -0.0758. The molecule has 0 saturated heterocycles. The van der Waals surface area contributed by atoms with Gasteiger partial charge in [0.05, 0.1) is 17.9 Å². The molecule has 0 aliphatic heterocycles. The van der Waals surface area contributed by atoms with Crippen molar-refractivity contribution < 1.29 is 9.18 Å². The van der Waals surface area contributed by atoms with Crippen LogP contribution in [0.2, 0.25) is 0 Å². The number of hydrogen-bond acceptors (Lipinski definition) is 5. The van der Waals surface area contributed by atoms with Crippen molar-refractivity contribution in [3.8, 4) is 0 Å². The Kier molecular flexibility index (Phi) is 4.94. The minimum Gasteiger partial charge on any atom is -0.364 e. The van der Waals surface area contributed by atoms with E-state index in [1.807, 2.05) is 18.2 Å². The summed E-state index contributed by atoms with van der Waals surface area (Å²) in [5, 5.41) is 5.61. The van der Waals surface area contributed by atoms with Crippen LogP contribution in [0.25, 0.3) is 0 Å². The summed E-state index contributed by atoms with van der Waals surface area (Å²) in [6, 6.07) is 13.1. The highest BCUT2D eigenvalue weighted by atomic mass is 19.1. The zero-order valence-electron chi connectivity index (χ0n) is 13.5. The zero-order valence-corrected chi connectivity index (χ0v) is 13.5. The van der Waals surface area contributed by atoms with Crippen LogP contribution in [-0.4, -0.2) is 20.9 Å². The maximum atomic E-state index is 13.7. The van der Waals surface area contributed by atoms with Crippen LogP contribution in [0.15, 0.2) is 54.7 Å². The molecule has 0 aliphatic rings. The van der Waals surface area contributed by atoms with Gasteiger partial charge in [0.2, 0.25) is 0 Å². The molecule has 2 aromatic heterocycles. The number of nitrogens with zero attached hydrogens (tertiary/aromatic N) is 3. The molecule has 2 heterocycles. The Labute approximate surface area is 144 Å². The van der Waals surface area contributed by atoms with Crippen LogP contribution in [0.5, 0.6) is 0 Å². The number of para-hydroxylation sites is 1. The molecule has 0 spiro atoms. The van der Waals surface area contributed by atoms with Crippen LogP contribution in [0.3, 0.4) is 0 Å². The van der Waals surface area contributed by atoms with Crippen LogP contribution >= 0.6 is 0 Å². The summed E-state index contributed by atoms with van der Waals surface area (Å²) in [4.78, 5) is 24.9. The van der Waals surface area contributed by atoms with Crippen molar-refractivity contribution in [2.75, 3.05) is 10.6 Å². The summed E-state index contributed by atoms with van der Waals surface area (Å²) in [6.45, 7) is 2.15. The number of hydrogen-bond donors (Lipinski definition) is 2. The summed E-state index contributed by atoms with van der Waals surface area (Å²) >= 11 is 0. The van der Waals surface area contributed by atoms with Crippen molar-refractivity contribution in [3.05, 3.63) is 77.8 Å². The van der Waals surface area contributed by atoms with E-state index in [0.717, 1.165) is 5.69 Å². The Bertz CT molecular complexity index is 886. The van der Waals surface area contributed by atoms with Crippen molar-refractivity contribution in [2.45, 2.75) is 13.5 Å². The fourth-order valence-electron chi connectivity index (χ4n) is 2.21. The van der Waals surface area contributed by atoms with E-state index >= 15 is 0 Å². The van der Waals surface area contributed by atoms with E-state index in [-0.39, 0.29) is 11.4 Å². The summed E-state index contributed by atoms with van der Waals surface area (Å²) in [6.07, 6.45) is 1.70. The predicted molar refractivity (Wildman–Crippen MR) is 92.7 cm³/mol. The van der Waals surface area contributed by atoms with E-state index in [4.69, 9.17) is 0 Å². The number of halogens is 1. The highest BCUT2D eigenvalue weighted by molar-refractivity contribution is 6.03. The highest BCUT2D eigenvalue weighted by Gasteiger charge is 2.12. The molecule has 3 aromatic rings. The summed E-state index contributed by atoms with van der Waals surface area (Å²) in [5.41, 5.74) is 1.10. The molecule has 0 unspecified atom stereocenters. The lowest BCUT2D eigenvalue weighted by Gasteiger charge is -2.09. The maximum absolute atomic E-state index is 13.7. The molecule has 1 amide bonds. The first-order valence-corrected chi connectivity index (χ1v) is 7.67. The minimum absolute atomic E-state index is 0.103. The number of carbonyl (C=O) groups excluding carboxylic acids is 1. The lowest BCUT2D eigenvalue weighted by Crippen LogP contribution is -2.16. The molecular weight excluding hydrogens is 321 g/mol. The van der Waals surface area contributed by atoms with E-state index in [1.54, 1.807) is 25.3 Å². The fraction of sp³-hybridized carbons (Fsp3) is 0.111. The number of amides is 1. The monoisotopic (exact) mass is 337 g/mol. The van der Waals surface area contributed by atoms with Gasteiger partial charge in [-0.2, -0.15) is 0 Å². The SMILES string of the molecule is Cc1nc(NCc2ccccn2)cc(C(=O)Nc2ccccc2F)n1. The number of nitrogens with one attached hydrogen (secondary N) is 2. The predicted octanol–water partition coefficient (Wildman–Crippen LogP) is 3.18. The van der Waals surface area contributed by atoms with Crippen molar-refractivity contribution >= 4 is 17.4 Å². The van der Waals surface area contributed by atoms with Gasteiger partial charge in [0.15, 0.2) is 0 Å². The smallest absolute Gasteiger partial charge is 0.274 e. The van der Waals surface area contributed by atoms with Crippen LogP contribution < -0.4 is 10.6 Å². The Morgan fingerprint density at radius 3 is 2.68 bits per heavy atom. The molecular formula is C18H16FN5O.